The molecular formula is C14H27N3O2. The lowest BCUT2D eigenvalue weighted by Gasteiger charge is -2.23. The van der Waals surface area contributed by atoms with Crippen molar-refractivity contribution in [2.45, 2.75) is 46.0 Å². The average molecular weight is 269 g/mol. The summed E-state index contributed by atoms with van der Waals surface area (Å²) in [6, 6.07) is 0. The van der Waals surface area contributed by atoms with Crippen molar-refractivity contribution in [3.63, 3.8) is 0 Å². The molecule has 0 radical (unpaired) electrons. The summed E-state index contributed by atoms with van der Waals surface area (Å²) in [6.45, 7) is 5.94. The van der Waals surface area contributed by atoms with E-state index >= 15 is 0 Å². The second-order valence-corrected chi connectivity index (χ2v) is 6.12. The predicted octanol–water partition coefficient (Wildman–Crippen LogP) is 0.784. The van der Waals surface area contributed by atoms with Gasteiger partial charge in [0.2, 0.25) is 11.8 Å². The first-order valence-electron chi connectivity index (χ1n) is 7.19. The summed E-state index contributed by atoms with van der Waals surface area (Å²) < 4.78 is 0. The van der Waals surface area contributed by atoms with E-state index in [1.54, 1.807) is 0 Å². The van der Waals surface area contributed by atoms with Crippen molar-refractivity contribution >= 4 is 11.8 Å². The number of nitrogens with one attached hydrogen (secondary N) is 2. The van der Waals surface area contributed by atoms with Crippen LogP contribution in [-0.2, 0) is 9.59 Å². The SMILES string of the molecule is CC(C)(CCN)CCC(=O)NCCNC(=O)C1CC1. The lowest BCUT2D eigenvalue weighted by molar-refractivity contribution is -0.123. The molecule has 0 aromatic rings. The zero-order valence-electron chi connectivity index (χ0n) is 12.1. The minimum absolute atomic E-state index is 0.0470. The van der Waals surface area contributed by atoms with Crippen LogP contribution in [0.25, 0.3) is 0 Å². The fourth-order valence-electron chi connectivity index (χ4n) is 1.93. The van der Waals surface area contributed by atoms with E-state index in [0.717, 1.165) is 25.7 Å². The zero-order valence-corrected chi connectivity index (χ0v) is 12.1. The summed E-state index contributed by atoms with van der Waals surface area (Å²) in [5, 5.41) is 5.65. The molecule has 4 N–H and O–H groups in total. The fraction of sp³-hybridized carbons (Fsp3) is 0.857. The molecule has 1 aliphatic rings. The Kier molecular flexibility index (Phi) is 6.28. The van der Waals surface area contributed by atoms with Crippen LogP contribution in [0.5, 0.6) is 0 Å². The van der Waals surface area contributed by atoms with Gasteiger partial charge < -0.3 is 16.4 Å². The average Bonchev–Trinajstić information content (AvgIpc) is 3.16. The number of rotatable bonds is 9. The van der Waals surface area contributed by atoms with Gasteiger partial charge in [-0.3, -0.25) is 9.59 Å². The van der Waals surface area contributed by atoms with Gasteiger partial charge in [-0.05, 0) is 37.6 Å². The molecule has 1 rings (SSSR count). The molecule has 0 bridgehead atoms. The van der Waals surface area contributed by atoms with Crippen molar-refractivity contribution in [3.05, 3.63) is 0 Å². The smallest absolute Gasteiger partial charge is 0.223 e. The van der Waals surface area contributed by atoms with Gasteiger partial charge in [-0.1, -0.05) is 13.8 Å². The largest absolute Gasteiger partial charge is 0.354 e. The highest BCUT2D eigenvalue weighted by molar-refractivity contribution is 5.81. The molecule has 5 heteroatoms. The summed E-state index contributed by atoms with van der Waals surface area (Å²) >= 11 is 0. The van der Waals surface area contributed by atoms with E-state index in [1.807, 2.05) is 0 Å². The predicted molar refractivity (Wildman–Crippen MR) is 75.4 cm³/mol. The van der Waals surface area contributed by atoms with Crippen molar-refractivity contribution < 1.29 is 9.59 Å². The third-order valence-electron chi connectivity index (χ3n) is 3.54. The number of amides is 2. The monoisotopic (exact) mass is 269 g/mol. The molecule has 0 aromatic carbocycles. The van der Waals surface area contributed by atoms with Crippen molar-refractivity contribution in [2.24, 2.45) is 17.1 Å². The quantitative estimate of drug-likeness (QED) is 0.541. The van der Waals surface area contributed by atoms with Gasteiger partial charge in [-0.25, -0.2) is 0 Å². The van der Waals surface area contributed by atoms with E-state index in [0.29, 0.717) is 26.1 Å². The summed E-state index contributed by atoms with van der Waals surface area (Å²) in [5.41, 5.74) is 5.65. The van der Waals surface area contributed by atoms with E-state index in [1.165, 1.54) is 0 Å². The van der Waals surface area contributed by atoms with Crippen molar-refractivity contribution in [1.29, 1.82) is 0 Å². The standard InChI is InChI=1S/C14H27N3O2/c1-14(2,7-8-15)6-5-12(18)16-9-10-17-13(19)11-3-4-11/h11H,3-10,15H2,1-2H3,(H,16,18)(H,17,19). The third kappa shape index (κ3) is 7.15. The van der Waals surface area contributed by atoms with Crippen molar-refractivity contribution in [2.75, 3.05) is 19.6 Å². The minimum atomic E-state index is 0.0470. The highest BCUT2D eigenvalue weighted by Gasteiger charge is 2.29. The molecule has 0 heterocycles. The van der Waals surface area contributed by atoms with Crippen LogP contribution in [0.4, 0.5) is 0 Å². The second kappa shape index (κ2) is 7.48. The Bertz CT molecular complexity index is 312. The summed E-state index contributed by atoms with van der Waals surface area (Å²) in [7, 11) is 0. The molecule has 5 nitrogen and oxygen atoms in total. The van der Waals surface area contributed by atoms with Crippen LogP contribution in [0.15, 0.2) is 0 Å². The zero-order chi connectivity index (χ0) is 14.3. The normalized spacial score (nSPS) is 15.1. The van der Waals surface area contributed by atoms with Crippen LogP contribution in [0, 0.1) is 11.3 Å². The molecule has 1 aliphatic carbocycles. The molecule has 0 atom stereocenters. The molecule has 1 saturated carbocycles. The van der Waals surface area contributed by atoms with Gasteiger partial charge in [0.1, 0.15) is 0 Å². The van der Waals surface area contributed by atoms with Crippen molar-refractivity contribution in [3.8, 4) is 0 Å². The first-order chi connectivity index (χ1) is 8.94. The van der Waals surface area contributed by atoms with Gasteiger partial charge in [0, 0.05) is 25.4 Å². The van der Waals surface area contributed by atoms with Gasteiger partial charge >= 0.3 is 0 Å². The summed E-state index contributed by atoms with van der Waals surface area (Å²) in [4.78, 5) is 23.0. The topological polar surface area (TPSA) is 84.2 Å². The Labute approximate surface area is 115 Å². The number of nitrogens with two attached hydrogens (primary N) is 1. The van der Waals surface area contributed by atoms with E-state index < -0.39 is 0 Å². The van der Waals surface area contributed by atoms with Crippen molar-refractivity contribution in [1.82, 2.24) is 10.6 Å². The number of carbonyl (C=O) groups is 2. The molecule has 1 fully saturated rings. The van der Waals surface area contributed by atoms with Gasteiger partial charge in [0.05, 0.1) is 0 Å². The third-order valence-corrected chi connectivity index (χ3v) is 3.54. The molecule has 0 aliphatic heterocycles. The van der Waals surface area contributed by atoms with Gasteiger partial charge in [-0.2, -0.15) is 0 Å². The Morgan fingerprint density at radius 2 is 1.79 bits per heavy atom. The molecule has 110 valence electrons. The molecular weight excluding hydrogens is 242 g/mol. The molecule has 0 spiro atoms. The molecule has 0 aromatic heterocycles. The molecule has 19 heavy (non-hydrogen) atoms. The van der Waals surface area contributed by atoms with E-state index in [2.05, 4.69) is 24.5 Å². The van der Waals surface area contributed by atoms with Crippen LogP contribution in [0.3, 0.4) is 0 Å². The summed E-state index contributed by atoms with van der Waals surface area (Å²) in [5.74, 6) is 0.400. The first kappa shape index (κ1) is 16.0. The van der Waals surface area contributed by atoms with Gasteiger partial charge in [0.15, 0.2) is 0 Å². The fourth-order valence-corrected chi connectivity index (χ4v) is 1.93. The van der Waals surface area contributed by atoms with Gasteiger partial charge in [0.25, 0.3) is 0 Å². The van der Waals surface area contributed by atoms with E-state index in [4.69, 9.17) is 5.73 Å². The number of carbonyl (C=O) groups excluding carboxylic acids is 2. The summed E-state index contributed by atoms with van der Waals surface area (Å²) in [6.07, 6.45) is 4.30. The number of hydrogen-bond donors (Lipinski definition) is 3. The van der Waals surface area contributed by atoms with Crippen LogP contribution >= 0.6 is 0 Å². The lowest BCUT2D eigenvalue weighted by atomic mass is 9.84. The van der Waals surface area contributed by atoms with Crippen LogP contribution in [0.2, 0.25) is 0 Å². The van der Waals surface area contributed by atoms with Crippen LogP contribution in [-0.4, -0.2) is 31.4 Å². The van der Waals surface area contributed by atoms with Crippen LogP contribution in [0.1, 0.15) is 46.0 Å². The maximum Gasteiger partial charge on any atom is 0.223 e. The Hall–Kier alpha value is -1.10. The van der Waals surface area contributed by atoms with Gasteiger partial charge in [-0.15, -0.1) is 0 Å². The molecule has 2 amide bonds. The van der Waals surface area contributed by atoms with Crippen LogP contribution < -0.4 is 16.4 Å². The maximum absolute atomic E-state index is 11.6. The molecule has 0 saturated heterocycles. The Morgan fingerprint density at radius 1 is 1.16 bits per heavy atom. The van der Waals surface area contributed by atoms with E-state index in [9.17, 15) is 9.59 Å². The first-order valence-corrected chi connectivity index (χ1v) is 7.19. The lowest BCUT2D eigenvalue weighted by Crippen LogP contribution is -2.35. The Morgan fingerprint density at radius 3 is 2.37 bits per heavy atom. The Balaban J connectivity index is 2.02. The molecule has 0 unspecified atom stereocenters. The minimum Gasteiger partial charge on any atom is -0.354 e. The maximum atomic E-state index is 11.6. The number of hydrogen-bond acceptors (Lipinski definition) is 3. The highest BCUT2D eigenvalue weighted by Crippen LogP contribution is 2.28. The second-order valence-electron chi connectivity index (χ2n) is 6.12. The van der Waals surface area contributed by atoms with E-state index in [-0.39, 0.29) is 23.1 Å². The highest BCUT2D eigenvalue weighted by atomic mass is 16.2.